The molecule has 1 aromatic rings. The van der Waals surface area contributed by atoms with E-state index in [1.165, 1.54) is 13.4 Å². The SMILES string of the molecule is COc1cccc(C=O)c1OCCCS(C)(=O)=O. The first-order chi connectivity index (χ1) is 8.48. The fourth-order valence-corrected chi connectivity index (χ4v) is 2.08. The van der Waals surface area contributed by atoms with Crippen LogP contribution in [0, 0.1) is 0 Å². The van der Waals surface area contributed by atoms with Crippen LogP contribution in [0.5, 0.6) is 11.5 Å². The maximum atomic E-state index is 11.0. The van der Waals surface area contributed by atoms with Crippen LogP contribution in [0.2, 0.25) is 0 Å². The Balaban J connectivity index is 2.68. The fourth-order valence-electron chi connectivity index (χ4n) is 1.44. The summed E-state index contributed by atoms with van der Waals surface area (Å²) < 4.78 is 32.4. The van der Waals surface area contributed by atoms with E-state index in [0.29, 0.717) is 29.8 Å². The van der Waals surface area contributed by atoms with Gasteiger partial charge in [0.05, 0.1) is 25.0 Å². The highest BCUT2D eigenvalue weighted by molar-refractivity contribution is 7.90. The van der Waals surface area contributed by atoms with Crippen LogP contribution >= 0.6 is 0 Å². The molecular weight excluding hydrogens is 256 g/mol. The van der Waals surface area contributed by atoms with Crippen molar-refractivity contribution in [2.24, 2.45) is 0 Å². The molecule has 1 aromatic carbocycles. The number of benzene rings is 1. The lowest BCUT2D eigenvalue weighted by Crippen LogP contribution is -2.09. The zero-order chi connectivity index (χ0) is 13.6. The monoisotopic (exact) mass is 272 g/mol. The van der Waals surface area contributed by atoms with E-state index in [4.69, 9.17) is 9.47 Å². The number of aldehydes is 1. The van der Waals surface area contributed by atoms with Crippen molar-refractivity contribution in [3.63, 3.8) is 0 Å². The minimum atomic E-state index is -2.99. The number of methoxy groups -OCH3 is 1. The summed E-state index contributed by atoms with van der Waals surface area (Å²) in [7, 11) is -1.51. The summed E-state index contributed by atoms with van der Waals surface area (Å²) in [6.45, 7) is 0.217. The average Bonchev–Trinajstić information content (AvgIpc) is 2.33. The molecule has 0 fully saturated rings. The van der Waals surface area contributed by atoms with E-state index in [9.17, 15) is 13.2 Å². The number of ether oxygens (including phenoxy) is 2. The molecule has 1 rings (SSSR count). The zero-order valence-corrected chi connectivity index (χ0v) is 11.2. The Bertz CT molecular complexity index is 507. The molecule has 0 aromatic heterocycles. The second kappa shape index (κ2) is 6.39. The van der Waals surface area contributed by atoms with E-state index in [-0.39, 0.29) is 12.4 Å². The lowest BCUT2D eigenvalue weighted by Gasteiger charge is -2.12. The maximum Gasteiger partial charge on any atom is 0.171 e. The third kappa shape index (κ3) is 4.37. The van der Waals surface area contributed by atoms with Crippen LogP contribution in [0.25, 0.3) is 0 Å². The van der Waals surface area contributed by atoms with Crippen LogP contribution in [-0.4, -0.2) is 40.4 Å². The first kappa shape index (κ1) is 14.5. The summed E-state index contributed by atoms with van der Waals surface area (Å²) in [6, 6.07) is 4.98. The topological polar surface area (TPSA) is 69.7 Å². The van der Waals surface area contributed by atoms with E-state index < -0.39 is 9.84 Å². The Kier molecular flexibility index (Phi) is 5.15. The van der Waals surface area contributed by atoms with Gasteiger partial charge in [-0.3, -0.25) is 4.79 Å². The standard InChI is InChI=1S/C12H16O5S/c1-16-11-6-3-5-10(9-13)12(11)17-7-4-8-18(2,14)15/h3,5-6,9H,4,7-8H2,1-2H3. The molecule has 0 heterocycles. The zero-order valence-electron chi connectivity index (χ0n) is 10.4. The fraction of sp³-hybridized carbons (Fsp3) is 0.417. The minimum absolute atomic E-state index is 0.0541. The molecule has 0 amide bonds. The molecular formula is C12H16O5S. The van der Waals surface area contributed by atoms with Crippen molar-refractivity contribution in [3.8, 4) is 11.5 Å². The van der Waals surface area contributed by atoms with Crippen LogP contribution in [0.15, 0.2) is 18.2 Å². The Hall–Kier alpha value is -1.56. The smallest absolute Gasteiger partial charge is 0.171 e. The van der Waals surface area contributed by atoms with Crippen LogP contribution in [0.3, 0.4) is 0 Å². The molecule has 0 bridgehead atoms. The summed E-state index contributed by atoms with van der Waals surface area (Å²) in [5.74, 6) is 0.862. The Morgan fingerprint density at radius 1 is 1.33 bits per heavy atom. The summed E-state index contributed by atoms with van der Waals surface area (Å²) in [5, 5.41) is 0. The average molecular weight is 272 g/mol. The lowest BCUT2D eigenvalue weighted by molar-refractivity contribution is 0.111. The van der Waals surface area contributed by atoms with Gasteiger partial charge >= 0.3 is 0 Å². The summed E-state index contributed by atoms with van der Waals surface area (Å²) >= 11 is 0. The minimum Gasteiger partial charge on any atom is -0.493 e. The third-order valence-electron chi connectivity index (χ3n) is 2.26. The quantitative estimate of drug-likeness (QED) is 0.553. The molecule has 0 aliphatic carbocycles. The molecule has 0 spiro atoms. The molecule has 0 atom stereocenters. The van der Waals surface area contributed by atoms with Crippen LogP contribution < -0.4 is 9.47 Å². The predicted molar refractivity (Wildman–Crippen MR) is 68.2 cm³/mol. The van der Waals surface area contributed by atoms with Crippen molar-refractivity contribution >= 4 is 16.1 Å². The molecule has 6 heteroatoms. The van der Waals surface area contributed by atoms with Gasteiger partial charge in [-0.1, -0.05) is 6.07 Å². The number of sulfone groups is 1. The lowest BCUT2D eigenvalue weighted by atomic mass is 10.2. The molecule has 0 saturated carbocycles. The molecule has 0 N–H and O–H groups in total. The normalized spacial score (nSPS) is 11.0. The van der Waals surface area contributed by atoms with Crippen LogP contribution in [-0.2, 0) is 9.84 Å². The second-order valence-corrected chi connectivity index (χ2v) is 6.09. The largest absolute Gasteiger partial charge is 0.493 e. The Labute approximate surface area is 107 Å². The highest BCUT2D eigenvalue weighted by Gasteiger charge is 2.10. The molecule has 0 aliphatic rings. The van der Waals surface area contributed by atoms with E-state index in [1.807, 2.05) is 0 Å². The number of hydrogen-bond acceptors (Lipinski definition) is 5. The van der Waals surface area contributed by atoms with Gasteiger partial charge in [-0.25, -0.2) is 8.42 Å². The van der Waals surface area contributed by atoms with Gasteiger partial charge in [0.25, 0.3) is 0 Å². The van der Waals surface area contributed by atoms with E-state index in [2.05, 4.69) is 0 Å². The highest BCUT2D eigenvalue weighted by Crippen LogP contribution is 2.29. The number of rotatable bonds is 7. The van der Waals surface area contributed by atoms with Crippen molar-refractivity contribution in [1.29, 1.82) is 0 Å². The number of carbonyl (C=O) groups excluding carboxylic acids is 1. The van der Waals surface area contributed by atoms with Crippen molar-refractivity contribution in [1.82, 2.24) is 0 Å². The Morgan fingerprint density at radius 3 is 2.61 bits per heavy atom. The van der Waals surface area contributed by atoms with Crippen LogP contribution in [0.4, 0.5) is 0 Å². The van der Waals surface area contributed by atoms with Gasteiger partial charge in [0.15, 0.2) is 17.8 Å². The van der Waals surface area contributed by atoms with Gasteiger partial charge in [0.1, 0.15) is 9.84 Å². The number of para-hydroxylation sites is 1. The van der Waals surface area contributed by atoms with Crippen molar-refractivity contribution in [3.05, 3.63) is 23.8 Å². The highest BCUT2D eigenvalue weighted by atomic mass is 32.2. The van der Waals surface area contributed by atoms with E-state index in [0.717, 1.165) is 0 Å². The van der Waals surface area contributed by atoms with Crippen molar-refractivity contribution in [2.45, 2.75) is 6.42 Å². The van der Waals surface area contributed by atoms with E-state index >= 15 is 0 Å². The Morgan fingerprint density at radius 2 is 2.06 bits per heavy atom. The van der Waals surface area contributed by atoms with Crippen molar-refractivity contribution < 1.29 is 22.7 Å². The predicted octanol–water partition coefficient (Wildman–Crippen LogP) is 1.32. The summed E-state index contributed by atoms with van der Waals surface area (Å²) in [4.78, 5) is 10.9. The van der Waals surface area contributed by atoms with Gasteiger partial charge in [-0.15, -0.1) is 0 Å². The van der Waals surface area contributed by atoms with Gasteiger partial charge < -0.3 is 9.47 Å². The van der Waals surface area contributed by atoms with Crippen molar-refractivity contribution in [2.75, 3.05) is 25.7 Å². The number of hydrogen-bond donors (Lipinski definition) is 0. The first-order valence-corrected chi connectivity index (χ1v) is 7.46. The van der Waals surface area contributed by atoms with Gasteiger partial charge in [0.2, 0.25) is 0 Å². The first-order valence-electron chi connectivity index (χ1n) is 5.40. The number of carbonyl (C=O) groups is 1. The molecule has 0 unspecified atom stereocenters. The molecule has 0 saturated heterocycles. The summed E-state index contributed by atoms with van der Waals surface area (Å²) in [6.07, 6.45) is 2.22. The van der Waals surface area contributed by atoms with Gasteiger partial charge in [0, 0.05) is 6.26 Å². The molecule has 0 aliphatic heterocycles. The third-order valence-corrected chi connectivity index (χ3v) is 3.29. The second-order valence-electron chi connectivity index (χ2n) is 3.83. The molecule has 18 heavy (non-hydrogen) atoms. The molecule has 5 nitrogen and oxygen atoms in total. The van der Waals surface area contributed by atoms with Gasteiger partial charge in [-0.2, -0.15) is 0 Å². The molecule has 0 radical (unpaired) electrons. The van der Waals surface area contributed by atoms with Gasteiger partial charge in [-0.05, 0) is 18.6 Å². The van der Waals surface area contributed by atoms with Crippen LogP contribution in [0.1, 0.15) is 16.8 Å². The van der Waals surface area contributed by atoms with E-state index in [1.54, 1.807) is 18.2 Å². The molecule has 100 valence electrons. The maximum absolute atomic E-state index is 11.0. The summed E-state index contributed by atoms with van der Waals surface area (Å²) in [5.41, 5.74) is 0.383.